The predicted molar refractivity (Wildman–Crippen MR) is 86.9 cm³/mol. The van der Waals surface area contributed by atoms with Crippen LogP contribution in [-0.2, 0) is 4.79 Å². The third-order valence-electron chi connectivity index (χ3n) is 3.35. The van der Waals surface area contributed by atoms with Crippen molar-refractivity contribution in [3.63, 3.8) is 0 Å². The van der Waals surface area contributed by atoms with Crippen molar-refractivity contribution in [3.05, 3.63) is 52.7 Å². The molecule has 0 fully saturated rings. The van der Waals surface area contributed by atoms with Gasteiger partial charge in [0, 0.05) is 11.9 Å². The highest BCUT2D eigenvalue weighted by molar-refractivity contribution is 6.30. The summed E-state index contributed by atoms with van der Waals surface area (Å²) in [4.78, 5) is 16.2. The second kappa shape index (κ2) is 6.59. The minimum absolute atomic E-state index is 0.147. The molecule has 0 aliphatic rings. The minimum Gasteiger partial charge on any atom is -0.374 e. The zero-order valence-electron chi connectivity index (χ0n) is 12.3. The average molecular weight is 304 g/mol. The van der Waals surface area contributed by atoms with Crippen molar-refractivity contribution in [2.24, 2.45) is 0 Å². The summed E-state index contributed by atoms with van der Waals surface area (Å²) in [6.07, 6.45) is 1.50. The molecule has 1 aromatic carbocycles. The second-order valence-corrected chi connectivity index (χ2v) is 5.40. The Hall–Kier alpha value is -2.07. The number of halogens is 1. The number of aromatic nitrogens is 1. The van der Waals surface area contributed by atoms with Gasteiger partial charge in [-0.25, -0.2) is 4.98 Å². The third kappa shape index (κ3) is 3.95. The molecule has 21 heavy (non-hydrogen) atoms. The number of nitrogens with one attached hydrogen (secondary N) is 2. The van der Waals surface area contributed by atoms with E-state index in [9.17, 15) is 4.79 Å². The maximum Gasteiger partial charge on any atom is 0.247 e. The van der Waals surface area contributed by atoms with Gasteiger partial charge in [0.05, 0.1) is 5.02 Å². The van der Waals surface area contributed by atoms with E-state index in [1.54, 1.807) is 12.1 Å². The number of amides is 1. The van der Waals surface area contributed by atoms with E-state index >= 15 is 0 Å². The van der Waals surface area contributed by atoms with Gasteiger partial charge in [-0.2, -0.15) is 0 Å². The molecule has 2 rings (SSSR count). The van der Waals surface area contributed by atoms with Crippen LogP contribution in [0.15, 0.2) is 36.5 Å². The molecule has 0 aliphatic heterocycles. The van der Waals surface area contributed by atoms with E-state index in [-0.39, 0.29) is 11.9 Å². The van der Waals surface area contributed by atoms with Crippen molar-refractivity contribution in [1.29, 1.82) is 0 Å². The quantitative estimate of drug-likeness (QED) is 0.903. The van der Waals surface area contributed by atoms with Crippen molar-refractivity contribution in [2.45, 2.75) is 26.8 Å². The second-order valence-electron chi connectivity index (χ2n) is 4.96. The summed E-state index contributed by atoms with van der Waals surface area (Å²) >= 11 is 5.76. The molecule has 5 heteroatoms. The van der Waals surface area contributed by atoms with Crippen molar-refractivity contribution < 1.29 is 4.79 Å². The lowest BCUT2D eigenvalue weighted by Gasteiger charge is -2.17. The standard InChI is InChI=1S/C16H18ClN3O/c1-10-5-4-6-14(11(10)2)19-12(3)16(21)20-15-8-7-13(17)9-18-15/h4-9,12,19H,1-3H3,(H,18,20,21)/t12-/m0/s1. The van der Waals surface area contributed by atoms with Gasteiger partial charge in [-0.1, -0.05) is 23.7 Å². The molecule has 2 N–H and O–H groups in total. The van der Waals surface area contributed by atoms with Crippen LogP contribution in [0.1, 0.15) is 18.1 Å². The van der Waals surface area contributed by atoms with Crippen LogP contribution in [0.5, 0.6) is 0 Å². The van der Waals surface area contributed by atoms with Crippen LogP contribution in [0.25, 0.3) is 0 Å². The Labute approximate surface area is 129 Å². The lowest BCUT2D eigenvalue weighted by atomic mass is 10.1. The first-order valence-corrected chi connectivity index (χ1v) is 7.10. The van der Waals surface area contributed by atoms with Gasteiger partial charge in [0.15, 0.2) is 0 Å². The van der Waals surface area contributed by atoms with Crippen LogP contribution in [0.4, 0.5) is 11.5 Å². The molecule has 1 aromatic heterocycles. The van der Waals surface area contributed by atoms with Crippen molar-refractivity contribution in [2.75, 3.05) is 10.6 Å². The minimum atomic E-state index is -0.372. The van der Waals surface area contributed by atoms with Crippen molar-refractivity contribution in [1.82, 2.24) is 4.98 Å². The summed E-state index contributed by atoms with van der Waals surface area (Å²) in [6.45, 7) is 5.89. The monoisotopic (exact) mass is 303 g/mol. The topological polar surface area (TPSA) is 54.0 Å². The van der Waals surface area contributed by atoms with Crippen LogP contribution in [0.2, 0.25) is 5.02 Å². The number of rotatable bonds is 4. The molecule has 1 amide bonds. The molecular formula is C16H18ClN3O. The highest BCUT2D eigenvalue weighted by atomic mass is 35.5. The third-order valence-corrected chi connectivity index (χ3v) is 3.57. The van der Waals surface area contributed by atoms with Crippen LogP contribution >= 0.6 is 11.6 Å². The predicted octanol–water partition coefficient (Wildman–Crippen LogP) is 3.79. The van der Waals surface area contributed by atoms with E-state index in [2.05, 4.69) is 15.6 Å². The molecule has 0 spiro atoms. The van der Waals surface area contributed by atoms with Crippen LogP contribution < -0.4 is 10.6 Å². The van der Waals surface area contributed by atoms with E-state index in [1.165, 1.54) is 11.8 Å². The highest BCUT2D eigenvalue weighted by Gasteiger charge is 2.14. The number of carbonyl (C=O) groups excluding carboxylic acids is 1. The average Bonchev–Trinajstić information content (AvgIpc) is 2.46. The number of carbonyl (C=O) groups is 1. The van der Waals surface area contributed by atoms with E-state index in [0.717, 1.165) is 11.3 Å². The van der Waals surface area contributed by atoms with E-state index in [1.807, 2.05) is 39.0 Å². The Morgan fingerprint density at radius 1 is 1.24 bits per heavy atom. The number of nitrogens with zero attached hydrogens (tertiary/aromatic N) is 1. The maximum absolute atomic E-state index is 12.2. The first-order chi connectivity index (χ1) is 9.97. The van der Waals surface area contributed by atoms with E-state index < -0.39 is 0 Å². The number of hydrogen-bond acceptors (Lipinski definition) is 3. The molecule has 0 unspecified atom stereocenters. The number of aryl methyl sites for hydroxylation is 1. The summed E-state index contributed by atoms with van der Waals surface area (Å²) < 4.78 is 0. The maximum atomic E-state index is 12.2. The summed E-state index contributed by atoms with van der Waals surface area (Å²) in [7, 11) is 0. The molecule has 2 aromatic rings. The smallest absolute Gasteiger partial charge is 0.247 e. The molecule has 110 valence electrons. The zero-order chi connectivity index (χ0) is 15.4. The number of benzene rings is 1. The fourth-order valence-electron chi connectivity index (χ4n) is 1.89. The molecule has 1 heterocycles. The first kappa shape index (κ1) is 15.3. The van der Waals surface area contributed by atoms with Gasteiger partial charge in [-0.3, -0.25) is 4.79 Å². The van der Waals surface area contributed by atoms with Gasteiger partial charge in [0.2, 0.25) is 5.91 Å². The summed E-state index contributed by atoms with van der Waals surface area (Å²) in [5, 5.41) is 6.51. The fourth-order valence-corrected chi connectivity index (χ4v) is 2.00. The Kier molecular flexibility index (Phi) is 4.81. The van der Waals surface area contributed by atoms with Crippen molar-refractivity contribution in [3.8, 4) is 0 Å². The van der Waals surface area contributed by atoms with Crippen LogP contribution in [0, 0.1) is 13.8 Å². The van der Waals surface area contributed by atoms with Gasteiger partial charge >= 0.3 is 0 Å². The Morgan fingerprint density at radius 3 is 2.67 bits per heavy atom. The molecular weight excluding hydrogens is 286 g/mol. The normalized spacial score (nSPS) is 11.8. The highest BCUT2D eigenvalue weighted by Crippen LogP contribution is 2.19. The van der Waals surface area contributed by atoms with Gasteiger partial charge < -0.3 is 10.6 Å². The van der Waals surface area contributed by atoms with Gasteiger partial charge in [-0.15, -0.1) is 0 Å². The largest absolute Gasteiger partial charge is 0.374 e. The number of hydrogen-bond donors (Lipinski definition) is 2. The zero-order valence-corrected chi connectivity index (χ0v) is 13.0. The molecule has 0 aliphatic carbocycles. The number of pyridine rings is 1. The SMILES string of the molecule is Cc1cccc(N[C@@H](C)C(=O)Nc2ccc(Cl)cn2)c1C. The van der Waals surface area contributed by atoms with E-state index in [4.69, 9.17) is 11.6 Å². The Bertz CT molecular complexity index is 640. The molecule has 0 saturated carbocycles. The van der Waals surface area contributed by atoms with Crippen LogP contribution in [0.3, 0.4) is 0 Å². The Balaban J connectivity index is 2.02. The van der Waals surface area contributed by atoms with E-state index in [0.29, 0.717) is 10.8 Å². The summed E-state index contributed by atoms with van der Waals surface area (Å²) in [5.74, 6) is 0.338. The fraction of sp³-hybridized carbons (Fsp3) is 0.250. The molecule has 0 bridgehead atoms. The van der Waals surface area contributed by atoms with Crippen LogP contribution in [-0.4, -0.2) is 16.9 Å². The molecule has 1 atom stereocenters. The lowest BCUT2D eigenvalue weighted by molar-refractivity contribution is -0.116. The number of anilines is 2. The summed E-state index contributed by atoms with van der Waals surface area (Å²) in [5.41, 5.74) is 3.29. The molecule has 0 saturated heterocycles. The van der Waals surface area contributed by atoms with Crippen molar-refractivity contribution >= 4 is 29.0 Å². The Morgan fingerprint density at radius 2 is 2.00 bits per heavy atom. The van der Waals surface area contributed by atoms with Gasteiger partial charge in [0.25, 0.3) is 0 Å². The molecule has 4 nitrogen and oxygen atoms in total. The summed E-state index contributed by atoms with van der Waals surface area (Å²) in [6, 6.07) is 8.96. The van der Waals surface area contributed by atoms with Gasteiger partial charge in [0.1, 0.15) is 11.9 Å². The lowest BCUT2D eigenvalue weighted by Crippen LogP contribution is -2.32. The van der Waals surface area contributed by atoms with Gasteiger partial charge in [-0.05, 0) is 50.1 Å². The molecule has 0 radical (unpaired) electrons. The first-order valence-electron chi connectivity index (χ1n) is 6.72.